The first-order valence-corrected chi connectivity index (χ1v) is 9.47. The summed E-state index contributed by atoms with van der Waals surface area (Å²) in [5.41, 5.74) is 3.20. The van der Waals surface area contributed by atoms with Crippen LogP contribution in [-0.2, 0) is 17.6 Å². The van der Waals surface area contributed by atoms with E-state index < -0.39 is 0 Å². The SMILES string of the molecule is O=C(CNC(=O)c1ccc2c(c1)CCC2)NC1CCCCCC1CO. The molecule has 3 rings (SSSR count). The predicted molar refractivity (Wildman–Crippen MR) is 96.4 cm³/mol. The average Bonchev–Trinajstić information content (AvgIpc) is 2.98. The van der Waals surface area contributed by atoms with Crippen molar-refractivity contribution in [2.45, 2.75) is 57.4 Å². The molecule has 1 aromatic carbocycles. The van der Waals surface area contributed by atoms with E-state index in [0.717, 1.165) is 51.4 Å². The van der Waals surface area contributed by atoms with Crippen LogP contribution in [0.1, 0.15) is 60.0 Å². The second kappa shape index (κ2) is 8.48. The molecule has 1 fully saturated rings. The second-order valence-corrected chi connectivity index (χ2v) is 7.27. The maximum absolute atomic E-state index is 12.3. The summed E-state index contributed by atoms with van der Waals surface area (Å²) in [6, 6.07) is 5.82. The summed E-state index contributed by atoms with van der Waals surface area (Å²) < 4.78 is 0. The molecule has 2 atom stereocenters. The summed E-state index contributed by atoms with van der Waals surface area (Å²) >= 11 is 0. The van der Waals surface area contributed by atoms with Crippen molar-refractivity contribution < 1.29 is 14.7 Å². The zero-order valence-corrected chi connectivity index (χ0v) is 14.7. The highest BCUT2D eigenvalue weighted by Crippen LogP contribution is 2.24. The Kier molecular flexibility index (Phi) is 6.08. The summed E-state index contributed by atoms with van der Waals surface area (Å²) in [6.45, 7) is 0.0804. The van der Waals surface area contributed by atoms with Gasteiger partial charge in [-0.15, -0.1) is 0 Å². The van der Waals surface area contributed by atoms with Gasteiger partial charge in [-0.05, 0) is 55.4 Å². The molecule has 2 aliphatic carbocycles. The Balaban J connectivity index is 1.50. The van der Waals surface area contributed by atoms with Gasteiger partial charge in [-0.2, -0.15) is 0 Å². The van der Waals surface area contributed by atoms with E-state index in [1.165, 1.54) is 11.1 Å². The Bertz CT molecular complexity index is 629. The highest BCUT2D eigenvalue weighted by Gasteiger charge is 2.24. The minimum atomic E-state index is -0.204. The van der Waals surface area contributed by atoms with Gasteiger partial charge in [-0.1, -0.05) is 25.3 Å². The van der Waals surface area contributed by atoms with Gasteiger partial charge in [-0.3, -0.25) is 9.59 Å². The lowest BCUT2D eigenvalue weighted by atomic mass is 9.95. The molecule has 136 valence electrons. The molecule has 0 spiro atoms. The summed E-state index contributed by atoms with van der Waals surface area (Å²) in [4.78, 5) is 24.5. The van der Waals surface area contributed by atoms with Crippen LogP contribution in [-0.4, -0.2) is 36.1 Å². The normalized spacial score (nSPS) is 22.8. The molecule has 0 radical (unpaired) electrons. The van der Waals surface area contributed by atoms with E-state index >= 15 is 0 Å². The molecule has 0 heterocycles. The van der Waals surface area contributed by atoms with E-state index in [-0.39, 0.29) is 36.9 Å². The van der Waals surface area contributed by atoms with Crippen LogP contribution in [0.5, 0.6) is 0 Å². The molecule has 1 saturated carbocycles. The predicted octanol–water partition coefficient (Wildman–Crippen LogP) is 1.96. The largest absolute Gasteiger partial charge is 0.396 e. The van der Waals surface area contributed by atoms with Gasteiger partial charge in [0.1, 0.15) is 0 Å². The van der Waals surface area contributed by atoms with E-state index in [1.807, 2.05) is 18.2 Å². The maximum Gasteiger partial charge on any atom is 0.251 e. The third kappa shape index (κ3) is 4.60. The quantitative estimate of drug-likeness (QED) is 0.715. The van der Waals surface area contributed by atoms with E-state index in [1.54, 1.807) is 0 Å². The van der Waals surface area contributed by atoms with Gasteiger partial charge in [0, 0.05) is 24.1 Å². The molecule has 0 bridgehead atoms. The molecule has 2 amide bonds. The van der Waals surface area contributed by atoms with E-state index in [4.69, 9.17) is 0 Å². The maximum atomic E-state index is 12.3. The number of aliphatic hydroxyl groups is 1. The molecule has 2 aliphatic rings. The van der Waals surface area contributed by atoms with E-state index in [9.17, 15) is 14.7 Å². The van der Waals surface area contributed by atoms with Crippen LogP contribution >= 0.6 is 0 Å². The van der Waals surface area contributed by atoms with Crippen molar-refractivity contribution in [2.24, 2.45) is 5.92 Å². The Labute approximate surface area is 149 Å². The smallest absolute Gasteiger partial charge is 0.251 e. The Morgan fingerprint density at radius 2 is 1.84 bits per heavy atom. The molecule has 3 N–H and O–H groups in total. The number of nitrogens with one attached hydrogen (secondary N) is 2. The van der Waals surface area contributed by atoms with Crippen molar-refractivity contribution in [2.75, 3.05) is 13.2 Å². The number of carbonyl (C=O) groups is 2. The van der Waals surface area contributed by atoms with Gasteiger partial charge in [0.05, 0.1) is 6.54 Å². The van der Waals surface area contributed by atoms with Gasteiger partial charge >= 0.3 is 0 Å². The van der Waals surface area contributed by atoms with E-state index in [2.05, 4.69) is 10.6 Å². The lowest BCUT2D eigenvalue weighted by Crippen LogP contribution is -2.45. The monoisotopic (exact) mass is 344 g/mol. The molecule has 2 unspecified atom stereocenters. The fourth-order valence-electron chi connectivity index (χ4n) is 4.03. The summed E-state index contributed by atoms with van der Waals surface area (Å²) in [6.07, 6.45) is 8.44. The van der Waals surface area contributed by atoms with Crippen LogP contribution in [0.4, 0.5) is 0 Å². The fraction of sp³-hybridized carbons (Fsp3) is 0.600. The second-order valence-electron chi connectivity index (χ2n) is 7.27. The molecular formula is C20H28N2O3. The number of benzene rings is 1. The number of aliphatic hydroxyl groups excluding tert-OH is 1. The number of fused-ring (bicyclic) bond motifs is 1. The highest BCUT2D eigenvalue weighted by atomic mass is 16.3. The number of hydrogen-bond acceptors (Lipinski definition) is 3. The Hall–Kier alpha value is -1.88. The van der Waals surface area contributed by atoms with Crippen molar-refractivity contribution in [3.63, 3.8) is 0 Å². The third-order valence-corrected chi connectivity index (χ3v) is 5.51. The van der Waals surface area contributed by atoms with Crippen LogP contribution in [0, 0.1) is 5.92 Å². The number of amides is 2. The highest BCUT2D eigenvalue weighted by molar-refractivity contribution is 5.96. The molecule has 5 heteroatoms. The van der Waals surface area contributed by atoms with Crippen molar-refractivity contribution in [3.8, 4) is 0 Å². The van der Waals surface area contributed by atoms with Crippen molar-refractivity contribution in [1.82, 2.24) is 10.6 Å². The van der Waals surface area contributed by atoms with Crippen LogP contribution in [0.2, 0.25) is 0 Å². The Morgan fingerprint density at radius 1 is 1.04 bits per heavy atom. The number of aryl methyl sites for hydroxylation is 2. The number of carbonyl (C=O) groups excluding carboxylic acids is 2. The standard InChI is InChI=1S/C20H28N2O3/c23-13-17-5-2-1-3-8-18(17)22-19(24)12-21-20(25)16-10-9-14-6-4-7-15(14)11-16/h9-11,17-18,23H,1-8,12-13H2,(H,21,25)(H,22,24). The first-order chi connectivity index (χ1) is 12.2. The third-order valence-electron chi connectivity index (χ3n) is 5.51. The first kappa shape index (κ1) is 17.9. The lowest BCUT2D eigenvalue weighted by molar-refractivity contribution is -0.121. The van der Waals surface area contributed by atoms with Crippen LogP contribution in [0.3, 0.4) is 0 Å². The number of rotatable bonds is 5. The van der Waals surface area contributed by atoms with Crippen molar-refractivity contribution >= 4 is 11.8 Å². The average molecular weight is 344 g/mol. The van der Waals surface area contributed by atoms with E-state index in [0.29, 0.717) is 5.56 Å². The summed E-state index contributed by atoms with van der Waals surface area (Å²) in [7, 11) is 0. The summed E-state index contributed by atoms with van der Waals surface area (Å²) in [5.74, 6) is -0.261. The van der Waals surface area contributed by atoms with Gasteiger partial charge < -0.3 is 15.7 Å². The minimum absolute atomic E-state index is 0.0110. The summed E-state index contributed by atoms with van der Waals surface area (Å²) in [5, 5.41) is 15.2. The lowest BCUT2D eigenvalue weighted by Gasteiger charge is -2.24. The minimum Gasteiger partial charge on any atom is -0.396 e. The van der Waals surface area contributed by atoms with Crippen LogP contribution < -0.4 is 10.6 Å². The molecular weight excluding hydrogens is 316 g/mol. The van der Waals surface area contributed by atoms with Gasteiger partial charge in [0.25, 0.3) is 5.91 Å². The zero-order chi connectivity index (χ0) is 17.6. The van der Waals surface area contributed by atoms with Gasteiger partial charge in [0.2, 0.25) is 5.91 Å². The molecule has 25 heavy (non-hydrogen) atoms. The van der Waals surface area contributed by atoms with Gasteiger partial charge in [-0.25, -0.2) is 0 Å². The molecule has 5 nitrogen and oxygen atoms in total. The topological polar surface area (TPSA) is 78.4 Å². The van der Waals surface area contributed by atoms with Crippen LogP contribution in [0.15, 0.2) is 18.2 Å². The van der Waals surface area contributed by atoms with Crippen molar-refractivity contribution in [3.05, 3.63) is 34.9 Å². The first-order valence-electron chi connectivity index (χ1n) is 9.47. The molecule has 0 saturated heterocycles. The fourth-order valence-corrected chi connectivity index (χ4v) is 4.03. The Morgan fingerprint density at radius 3 is 2.68 bits per heavy atom. The molecule has 1 aromatic rings. The van der Waals surface area contributed by atoms with Gasteiger partial charge in [0.15, 0.2) is 0 Å². The zero-order valence-electron chi connectivity index (χ0n) is 14.7. The number of hydrogen-bond donors (Lipinski definition) is 3. The molecule has 0 aliphatic heterocycles. The van der Waals surface area contributed by atoms with Crippen molar-refractivity contribution in [1.29, 1.82) is 0 Å². The van der Waals surface area contributed by atoms with Crippen LogP contribution in [0.25, 0.3) is 0 Å². The molecule has 0 aromatic heterocycles.